The van der Waals surface area contributed by atoms with Gasteiger partial charge in [-0.25, -0.2) is 4.39 Å². The van der Waals surface area contributed by atoms with E-state index < -0.39 is 30.5 Å². The van der Waals surface area contributed by atoms with Gasteiger partial charge in [0.15, 0.2) is 11.6 Å². The second-order valence-electron chi connectivity index (χ2n) is 10.7. The lowest BCUT2D eigenvalue weighted by atomic mass is 9.96. The molecule has 45 heavy (non-hydrogen) atoms. The molecule has 0 fully saturated rings. The summed E-state index contributed by atoms with van der Waals surface area (Å²) in [6, 6.07) is 16.6. The number of rotatable bonds is 12. The molecule has 0 saturated carbocycles. The van der Waals surface area contributed by atoms with Crippen molar-refractivity contribution in [1.29, 1.82) is 5.26 Å². The van der Waals surface area contributed by atoms with Gasteiger partial charge < -0.3 is 24.4 Å². The summed E-state index contributed by atoms with van der Waals surface area (Å²) in [5.74, 6) is -0.726. The van der Waals surface area contributed by atoms with Crippen molar-refractivity contribution < 1.29 is 33.6 Å². The molecule has 0 spiro atoms. The van der Waals surface area contributed by atoms with Crippen molar-refractivity contribution in [2.45, 2.75) is 38.6 Å². The maximum Gasteiger partial charge on any atom is 0.323 e. The SMILES string of the molecule is COc1cccc(-c2cccc3c2CC(C)C3Oc2cc(OCc3cncc(C#N)c3)c(CN[C@@H](CO)C(=O)O)cc2Cl)c1F. The Kier molecular flexibility index (Phi) is 9.83. The molecule has 0 amide bonds. The van der Waals surface area contributed by atoms with Gasteiger partial charge in [-0.1, -0.05) is 48.9 Å². The predicted octanol–water partition coefficient (Wildman–Crippen LogP) is 5.85. The molecule has 1 aromatic heterocycles. The van der Waals surface area contributed by atoms with Crippen LogP contribution < -0.4 is 19.5 Å². The summed E-state index contributed by atoms with van der Waals surface area (Å²) in [4.78, 5) is 15.5. The third-order valence-electron chi connectivity index (χ3n) is 7.74. The van der Waals surface area contributed by atoms with Gasteiger partial charge in [0.25, 0.3) is 0 Å². The second-order valence-corrected chi connectivity index (χ2v) is 11.1. The summed E-state index contributed by atoms with van der Waals surface area (Å²) in [5.41, 5.74) is 4.67. The molecule has 2 unspecified atom stereocenters. The molecule has 11 heteroatoms. The number of nitrogens with one attached hydrogen (secondary N) is 1. The molecule has 0 saturated heterocycles. The number of aliphatic hydroxyl groups is 1. The number of benzene rings is 3. The first-order chi connectivity index (χ1) is 21.7. The average Bonchev–Trinajstić information content (AvgIpc) is 3.36. The Hall–Kier alpha value is -4.69. The van der Waals surface area contributed by atoms with E-state index in [1.807, 2.05) is 24.3 Å². The number of carboxylic acids is 1. The second kappa shape index (κ2) is 13.9. The van der Waals surface area contributed by atoms with Gasteiger partial charge in [0.05, 0.1) is 24.3 Å². The lowest BCUT2D eigenvalue weighted by molar-refractivity contribution is -0.140. The number of nitrogens with zero attached hydrogens (tertiary/aromatic N) is 2. The van der Waals surface area contributed by atoms with Gasteiger partial charge in [-0.2, -0.15) is 5.26 Å². The maximum atomic E-state index is 15.3. The van der Waals surface area contributed by atoms with E-state index in [9.17, 15) is 20.3 Å². The molecule has 1 heterocycles. The van der Waals surface area contributed by atoms with Crippen LogP contribution in [0.3, 0.4) is 0 Å². The topological polar surface area (TPSA) is 134 Å². The minimum atomic E-state index is -1.20. The molecule has 3 N–H and O–H groups in total. The number of aliphatic hydroxyl groups excluding tert-OH is 1. The number of carboxylic acid groups (broad SMARTS) is 1. The number of pyridine rings is 1. The molecule has 0 bridgehead atoms. The first-order valence-electron chi connectivity index (χ1n) is 14.2. The summed E-state index contributed by atoms with van der Waals surface area (Å²) < 4.78 is 33.1. The molecular weight excluding hydrogens is 601 g/mol. The number of hydrogen-bond acceptors (Lipinski definition) is 8. The molecule has 0 aliphatic heterocycles. The molecule has 1 aliphatic carbocycles. The molecule has 4 aromatic rings. The third kappa shape index (κ3) is 6.86. The summed E-state index contributed by atoms with van der Waals surface area (Å²) in [6.45, 7) is 1.54. The minimum absolute atomic E-state index is 0.0253. The van der Waals surface area contributed by atoms with Crippen LogP contribution in [0.25, 0.3) is 11.1 Å². The standard InChI is InChI=1S/C34H31ClFN3O6/c1-19-9-26-23(24-6-4-8-29(43-2)32(24)36)5-3-7-25(26)33(19)45-31-12-30(44-18-21-10-20(13-37)14-38-15-21)22(11-27(31)35)16-39-28(17-40)34(41)42/h3-8,10-12,14-15,19,28,33,39-40H,9,16-18H2,1-2H3,(H,41,42)/t19?,28-,33?/m0/s1. The number of methoxy groups -OCH3 is 1. The van der Waals surface area contributed by atoms with E-state index in [1.54, 1.807) is 42.6 Å². The fourth-order valence-electron chi connectivity index (χ4n) is 5.47. The number of hydrogen-bond donors (Lipinski definition) is 3. The number of carbonyl (C=O) groups is 1. The number of halogens is 2. The van der Waals surface area contributed by atoms with E-state index >= 15 is 4.39 Å². The van der Waals surface area contributed by atoms with Crippen LogP contribution in [0.4, 0.5) is 4.39 Å². The minimum Gasteiger partial charge on any atom is -0.494 e. The Morgan fingerprint density at radius 3 is 2.67 bits per heavy atom. The van der Waals surface area contributed by atoms with Crippen LogP contribution in [0.2, 0.25) is 5.02 Å². The van der Waals surface area contributed by atoms with Crippen LogP contribution in [0.15, 0.2) is 67.0 Å². The van der Waals surface area contributed by atoms with Gasteiger partial charge >= 0.3 is 5.97 Å². The van der Waals surface area contributed by atoms with Gasteiger partial charge in [-0.05, 0) is 41.3 Å². The van der Waals surface area contributed by atoms with Crippen molar-refractivity contribution >= 4 is 17.6 Å². The zero-order valence-electron chi connectivity index (χ0n) is 24.6. The van der Waals surface area contributed by atoms with Crippen LogP contribution in [-0.4, -0.2) is 40.9 Å². The van der Waals surface area contributed by atoms with Crippen molar-refractivity contribution in [3.8, 4) is 34.4 Å². The summed E-state index contributed by atoms with van der Waals surface area (Å²) >= 11 is 6.72. The molecule has 3 aromatic carbocycles. The Labute approximate surface area is 264 Å². The lowest BCUT2D eigenvalue weighted by Gasteiger charge is -2.22. The van der Waals surface area contributed by atoms with Gasteiger partial charge in [0.1, 0.15) is 36.3 Å². The van der Waals surface area contributed by atoms with Crippen LogP contribution in [-0.2, 0) is 24.4 Å². The highest BCUT2D eigenvalue weighted by Gasteiger charge is 2.34. The quantitative estimate of drug-likeness (QED) is 0.176. The molecular formula is C34H31ClFN3O6. The van der Waals surface area contributed by atoms with E-state index in [4.69, 9.17) is 25.8 Å². The Morgan fingerprint density at radius 2 is 1.93 bits per heavy atom. The van der Waals surface area contributed by atoms with Crippen molar-refractivity contribution in [3.05, 3.63) is 106 Å². The van der Waals surface area contributed by atoms with Crippen molar-refractivity contribution in [3.63, 3.8) is 0 Å². The van der Waals surface area contributed by atoms with Crippen molar-refractivity contribution in [1.82, 2.24) is 10.3 Å². The van der Waals surface area contributed by atoms with Crippen LogP contribution in [0, 0.1) is 23.1 Å². The highest BCUT2D eigenvalue weighted by atomic mass is 35.5. The summed E-state index contributed by atoms with van der Waals surface area (Å²) in [7, 11) is 1.43. The molecule has 1 aliphatic rings. The molecule has 0 radical (unpaired) electrons. The zero-order chi connectivity index (χ0) is 32.1. The number of fused-ring (bicyclic) bond motifs is 1. The first kappa shape index (κ1) is 31.7. The van der Waals surface area contributed by atoms with E-state index in [2.05, 4.69) is 17.2 Å². The van der Waals surface area contributed by atoms with Crippen LogP contribution in [0.1, 0.15) is 40.8 Å². The zero-order valence-corrected chi connectivity index (χ0v) is 25.3. The van der Waals surface area contributed by atoms with Crippen molar-refractivity contribution in [2.75, 3.05) is 13.7 Å². The molecule has 9 nitrogen and oxygen atoms in total. The number of aliphatic carboxylic acids is 1. The number of ether oxygens (including phenoxy) is 3. The normalized spacial score (nSPS) is 16.0. The Balaban J connectivity index is 1.47. The summed E-state index contributed by atoms with van der Waals surface area (Å²) in [6.07, 6.45) is 3.28. The molecule has 3 atom stereocenters. The number of aromatic nitrogens is 1. The van der Waals surface area contributed by atoms with E-state index in [-0.39, 0.29) is 29.8 Å². The monoisotopic (exact) mass is 631 g/mol. The lowest BCUT2D eigenvalue weighted by Crippen LogP contribution is -2.39. The fraction of sp³-hybridized carbons (Fsp3) is 0.265. The highest BCUT2D eigenvalue weighted by molar-refractivity contribution is 6.32. The average molecular weight is 632 g/mol. The van der Waals surface area contributed by atoms with Gasteiger partial charge in [0, 0.05) is 47.6 Å². The van der Waals surface area contributed by atoms with Crippen molar-refractivity contribution in [2.24, 2.45) is 5.92 Å². The summed E-state index contributed by atoms with van der Waals surface area (Å²) in [5, 5.41) is 31.1. The van der Waals surface area contributed by atoms with Crippen LogP contribution >= 0.6 is 11.6 Å². The Morgan fingerprint density at radius 1 is 1.16 bits per heavy atom. The Bertz CT molecular complexity index is 1760. The van der Waals surface area contributed by atoms with Gasteiger partial charge in [-0.15, -0.1) is 0 Å². The first-order valence-corrected chi connectivity index (χ1v) is 14.6. The maximum absolute atomic E-state index is 15.3. The van der Waals surface area contributed by atoms with Crippen LogP contribution in [0.5, 0.6) is 17.2 Å². The van der Waals surface area contributed by atoms with Gasteiger partial charge in [0.2, 0.25) is 0 Å². The third-order valence-corrected chi connectivity index (χ3v) is 8.04. The van der Waals surface area contributed by atoms with E-state index in [1.165, 1.54) is 13.3 Å². The largest absolute Gasteiger partial charge is 0.494 e. The molecule has 5 rings (SSSR count). The van der Waals surface area contributed by atoms with E-state index in [0.717, 1.165) is 16.7 Å². The molecule has 232 valence electrons. The predicted molar refractivity (Wildman–Crippen MR) is 165 cm³/mol. The highest BCUT2D eigenvalue weighted by Crippen LogP contribution is 2.46. The fourth-order valence-corrected chi connectivity index (χ4v) is 5.70. The number of nitriles is 1. The van der Waals surface area contributed by atoms with E-state index in [0.29, 0.717) is 40.2 Å². The van der Waals surface area contributed by atoms with Gasteiger partial charge in [-0.3, -0.25) is 15.1 Å². The smallest absolute Gasteiger partial charge is 0.323 e.